The second kappa shape index (κ2) is 15.8. The maximum Gasteiger partial charge on any atom is 0.237 e. The Balaban J connectivity index is 1.29. The molecule has 8 nitrogen and oxygen atoms in total. The lowest BCUT2D eigenvalue weighted by atomic mass is 9.75. The standard InChI is InChI=1S/C42H55N3O5/c1-27-38(25-45-36-12-7-6-10-32(36)21-22-37(45)40(48)44-42(3,4)5)49-41(50-39(27)33-15-13-29(26-46)14-16-33)34-19-17-31(18-20-34)35-11-8-9-30(23-35)24-43-28(2)47/h8-9,11,13-20,23,27,32,36-39,41,46H,6-7,10,12,21-22,24-26H2,1-5H3,(H,43,47)(H,44,48)/t27-,32+,36+,37+,38+,39+,41+/m0/s1. The Morgan fingerprint density at radius 2 is 1.58 bits per heavy atom. The number of hydrogen-bond acceptors (Lipinski definition) is 6. The number of carbonyl (C=O) groups excluding carboxylic acids is 2. The van der Waals surface area contributed by atoms with Crippen LogP contribution in [0.5, 0.6) is 0 Å². The van der Waals surface area contributed by atoms with Gasteiger partial charge in [0.15, 0.2) is 6.29 Å². The van der Waals surface area contributed by atoms with Crippen LogP contribution in [0.25, 0.3) is 11.1 Å². The van der Waals surface area contributed by atoms with Gasteiger partial charge in [-0.1, -0.05) is 86.5 Å². The number of likely N-dealkylation sites (tertiary alicyclic amines) is 1. The summed E-state index contributed by atoms with van der Waals surface area (Å²) in [5.41, 5.74) is 5.74. The Labute approximate surface area is 297 Å². The number of carbonyl (C=O) groups is 2. The van der Waals surface area contributed by atoms with Gasteiger partial charge >= 0.3 is 0 Å². The Morgan fingerprint density at radius 1 is 0.860 bits per heavy atom. The predicted molar refractivity (Wildman–Crippen MR) is 196 cm³/mol. The number of fused-ring (bicyclic) bond motifs is 1. The highest BCUT2D eigenvalue weighted by atomic mass is 16.7. The van der Waals surface area contributed by atoms with Crippen LogP contribution in [0.1, 0.15) is 108 Å². The Bertz CT molecular complexity index is 1600. The lowest BCUT2D eigenvalue weighted by molar-refractivity contribution is -0.278. The molecule has 0 radical (unpaired) electrons. The molecule has 3 N–H and O–H groups in total. The highest BCUT2D eigenvalue weighted by molar-refractivity contribution is 5.82. The maximum absolute atomic E-state index is 13.8. The molecule has 3 aromatic carbocycles. The molecule has 8 heteroatoms. The van der Waals surface area contributed by atoms with E-state index in [4.69, 9.17) is 9.47 Å². The molecular formula is C42H55N3O5. The molecule has 1 aliphatic carbocycles. The molecule has 3 fully saturated rings. The first kappa shape index (κ1) is 36.2. The van der Waals surface area contributed by atoms with Crippen LogP contribution in [0.3, 0.4) is 0 Å². The number of hydrogen-bond donors (Lipinski definition) is 3. The van der Waals surface area contributed by atoms with Gasteiger partial charge < -0.3 is 25.2 Å². The summed E-state index contributed by atoms with van der Waals surface area (Å²) in [6.07, 6.45) is 5.77. The van der Waals surface area contributed by atoms with Crippen molar-refractivity contribution >= 4 is 11.8 Å². The van der Waals surface area contributed by atoms with Crippen LogP contribution >= 0.6 is 0 Å². The van der Waals surface area contributed by atoms with E-state index in [1.165, 1.54) is 26.2 Å². The summed E-state index contributed by atoms with van der Waals surface area (Å²) >= 11 is 0. The number of aliphatic hydroxyl groups is 1. The third kappa shape index (κ3) is 8.65. The van der Waals surface area contributed by atoms with Crippen LogP contribution in [-0.4, -0.2) is 52.1 Å². The minimum Gasteiger partial charge on any atom is -0.392 e. The number of piperidine rings is 1. The SMILES string of the molecule is CC(=O)NCc1cccc(-c2ccc([C@@H]3O[C@H](CN4[C@@H](C(=O)NC(C)(C)C)CC[C@H]5CCCC[C@H]54)[C@H](C)[C@H](c4ccc(CO)cc4)O3)cc2)c1. The molecular weight excluding hydrogens is 626 g/mol. The number of benzene rings is 3. The fourth-order valence-electron chi connectivity index (χ4n) is 8.18. The molecule has 7 atom stereocenters. The van der Waals surface area contributed by atoms with Crippen molar-refractivity contribution in [2.75, 3.05) is 6.54 Å². The van der Waals surface area contributed by atoms with Crippen molar-refractivity contribution in [3.8, 4) is 11.1 Å². The van der Waals surface area contributed by atoms with Crippen molar-refractivity contribution in [1.29, 1.82) is 0 Å². The van der Waals surface area contributed by atoms with Gasteiger partial charge in [-0.3, -0.25) is 14.5 Å². The van der Waals surface area contributed by atoms with Crippen LogP contribution < -0.4 is 10.6 Å². The summed E-state index contributed by atoms with van der Waals surface area (Å²) < 4.78 is 13.7. The van der Waals surface area contributed by atoms with Gasteiger partial charge in [-0.05, 0) is 86.3 Å². The van der Waals surface area contributed by atoms with E-state index in [1.54, 1.807) is 0 Å². The van der Waals surface area contributed by atoms with Gasteiger partial charge in [0.25, 0.3) is 0 Å². The number of nitrogens with zero attached hydrogens (tertiary/aromatic N) is 1. The molecule has 0 bridgehead atoms. The zero-order valence-electron chi connectivity index (χ0n) is 30.4. The molecule has 50 heavy (non-hydrogen) atoms. The summed E-state index contributed by atoms with van der Waals surface area (Å²) in [4.78, 5) is 27.8. The average Bonchev–Trinajstić information content (AvgIpc) is 3.11. The van der Waals surface area contributed by atoms with Crippen molar-refractivity contribution in [3.63, 3.8) is 0 Å². The summed E-state index contributed by atoms with van der Waals surface area (Å²) in [5, 5.41) is 15.9. The normalized spacial score (nSPS) is 27.3. The van der Waals surface area contributed by atoms with E-state index >= 15 is 0 Å². The summed E-state index contributed by atoms with van der Waals surface area (Å²) in [5.74, 6) is 0.697. The maximum atomic E-state index is 13.8. The van der Waals surface area contributed by atoms with Crippen LogP contribution in [0.2, 0.25) is 0 Å². The van der Waals surface area contributed by atoms with Gasteiger partial charge in [0, 0.05) is 43.1 Å². The van der Waals surface area contributed by atoms with Gasteiger partial charge in [-0.2, -0.15) is 0 Å². The summed E-state index contributed by atoms with van der Waals surface area (Å²) in [6.45, 7) is 11.0. The Morgan fingerprint density at radius 3 is 2.28 bits per heavy atom. The van der Waals surface area contributed by atoms with E-state index in [0.717, 1.165) is 52.6 Å². The first-order valence-corrected chi connectivity index (χ1v) is 18.5. The van der Waals surface area contributed by atoms with E-state index in [0.29, 0.717) is 25.0 Å². The number of aliphatic hydroxyl groups excluding tert-OH is 1. The number of nitrogens with one attached hydrogen (secondary N) is 2. The van der Waals surface area contributed by atoms with Gasteiger partial charge in [-0.25, -0.2) is 0 Å². The quantitative estimate of drug-likeness (QED) is 0.221. The Hall–Kier alpha value is -3.56. The molecule has 3 aromatic rings. The number of ether oxygens (including phenoxy) is 2. The van der Waals surface area contributed by atoms with Crippen molar-refractivity contribution in [2.24, 2.45) is 11.8 Å². The van der Waals surface area contributed by atoms with Crippen molar-refractivity contribution in [3.05, 3.63) is 95.1 Å². The average molecular weight is 682 g/mol. The second-order valence-corrected chi connectivity index (χ2v) is 15.7. The van der Waals surface area contributed by atoms with Gasteiger partial charge in [0.1, 0.15) is 0 Å². The van der Waals surface area contributed by atoms with Crippen molar-refractivity contribution in [2.45, 2.75) is 122 Å². The smallest absolute Gasteiger partial charge is 0.237 e. The van der Waals surface area contributed by atoms with Crippen LogP contribution in [0.4, 0.5) is 0 Å². The lowest BCUT2D eigenvalue weighted by Gasteiger charge is -2.51. The third-order valence-corrected chi connectivity index (χ3v) is 10.8. The van der Waals surface area contributed by atoms with E-state index in [2.05, 4.69) is 91.8 Å². The van der Waals surface area contributed by atoms with Crippen LogP contribution in [-0.2, 0) is 32.2 Å². The molecule has 1 saturated carbocycles. The first-order valence-electron chi connectivity index (χ1n) is 18.5. The summed E-state index contributed by atoms with van der Waals surface area (Å²) in [6, 6.07) is 24.8. The molecule has 0 unspecified atom stereocenters. The van der Waals surface area contributed by atoms with Crippen LogP contribution in [0.15, 0.2) is 72.8 Å². The summed E-state index contributed by atoms with van der Waals surface area (Å²) in [7, 11) is 0. The molecule has 0 aromatic heterocycles. The second-order valence-electron chi connectivity index (χ2n) is 15.7. The van der Waals surface area contributed by atoms with Gasteiger partial charge in [-0.15, -0.1) is 0 Å². The zero-order chi connectivity index (χ0) is 35.4. The van der Waals surface area contributed by atoms with Gasteiger partial charge in [0.2, 0.25) is 11.8 Å². The minimum absolute atomic E-state index is 0.00620. The molecule has 0 spiro atoms. The van der Waals surface area contributed by atoms with Crippen molar-refractivity contribution in [1.82, 2.24) is 15.5 Å². The molecule has 3 aliphatic rings. The number of rotatable bonds is 9. The molecule has 2 aliphatic heterocycles. The molecule has 2 heterocycles. The van der Waals surface area contributed by atoms with Crippen LogP contribution in [0, 0.1) is 11.8 Å². The lowest BCUT2D eigenvalue weighted by Crippen LogP contribution is -2.61. The minimum atomic E-state index is -0.590. The fraction of sp³-hybridized carbons (Fsp3) is 0.524. The molecule has 2 amide bonds. The highest BCUT2D eigenvalue weighted by Gasteiger charge is 2.46. The predicted octanol–water partition coefficient (Wildman–Crippen LogP) is 7.21. The first-order chi connectivity index (χ1) is 24.0. The molecule has 268 valence electrons. The van der Waals surface area contributed by atoms with E-state index in [1.807, 2.05) is 24.3 Å². The van der Waals surface area contributed by atoms with E-state index in [-0.39, 0.29) is 48.1 Å². The Kier molecular flexibility index (Phi) is 11.4. The van der Waals surface area contributed by atoms with E-state index < -0.39 is 6.29 Å². The fourth-order valence-corrected chi connectivity index (χ4v) is 8.18. The topological polar surface area (TPSA) is 100 Å². The molecule has 6 rings (SSSR count). The van der Waals surface area contributed by atoms with Crippen molar-refractivity contribution < 1.29 is 24.2 Å². The molecule has 2 saturated heterocycles. The van der Waals surface area contributed by atoms with Gasteiger partial charge in [0.05, 0.1) is 24.9 Å². The zero-order valence-corrected chi connectivity index (χ0v) is 30.4. The number of amides is 2. The monoisotopic (exact) mass is 681 g/mol. The highest BCUT2D eigenvalue weighted by Crippen LogP contribution is 2.44. The largest absolute Gasteiger partial charge is 0.392 e. The third-order valence-electron chi connectivity index (χ3n) is 10.8. The van der Waals surface area contributed by atoms with E-state index in [9.17, 15) is 14.7 Å².